The predicted molar refractivity (Wildman–Crippen MR) is 117 cm³/mol. The molecule has 3 aromatic rings. The summed E-state index contributed by atoms with van der Waals surface area (Å²) in [5.74, 6) is -0.718. The third kappa shape index (κ3) is 5.69. The zero-order valence-electron chi connectivity index (χ0n) is 17.7. The van der Waals surface area contributed by atoms with Crippen LogP contribution in [-0.2, 0) is 9.53 Å². The van der Waals surface area contributed by atoms with Gasteiger partial charge in [-0.1, -0.05) is 18.6 Å². The molecule has 2 N–H and O–H groups in total. The van der Waals surface area contributed by atoms with Crippen molar-refractivity contribution in [1.29, 1.82) is 0 Å². The van der Waals surface area contributed by atoms with Gasteiger partial charge in [-0.2, -0.15) is 0 Å². The summed E-state index contributed by atoms with van der Waals surface area (Å²) in [7, 11) is 1.31. The number of methoxy groups -OCH3 is 1. The quantitative estimate of drug-likeness (QED) is 0.407. The second-order valence-corrected chi connectivity index (χ2v) is 7.16. The average molecular weight is 422 g/mol. The van der Waals surface area contributed by atoms with Crippen molar-refractivity contribution < 1.29 is 19.1 Å². The maximum atomic E-state index is 12.5. The lowest BCUT2D eigenvalue weighted by molar-refractivity contribution is -0.116. The first kappa shape index (κ1) is 22.0. The normalized spacial score (nSPS) is 10.6. The van der Waals surface area contributed by atoms with Crippen LogP contribution >= 0.6 is 0 Å². The van der Waals surface area contributed by atoms with Crippen molar-refractivity contribution in [2.45, 2.75) is 32.6 Å². The van der Waals surface area contributed by atoms with Crippen molar-refractivity contribution in [3.63, 3.8) is 0 Å². The average Bonchev–Trinajstić information content (AvgIpc) is 3.11. The number of imidazole rings is 1. The topological polar surface area (TPSA) is 102 Å². The van der Waals surface area contributed by atoms with Crippen molar-refractivity contribution in [2.75, 3.05) is 19.0 Å². The Hall–Kier alpha value is -3.68. The van der Waals surface area contributed by atoms with Gasteiger partial charge in [-0.3, -0.25) is 14.0 Å². The van der Waals surface area contributed by atoms with E-state index in [0.717, 1.165) is 18.5 Å². The number of benzene rings is 1. The minimum absolute atomic E-state index is 0.118. The maximum absolute atomic E-state index is 12.5. The van der Waals surface area contributed by atoms with Gasteiger partial charge in [0.2, 0.25) is 5.91 Å². The Morgan fingerprint density at radius 1 is 1.06 bits per heavy atom. The number of hydrogen-bond donors (Lipinski definition) is 2. The number of nitrogens with zero attached hydrogens (tertiary/aromatic N) is 2. The summed E-state index contributed by atoms with van der Waals surface area (Å²) in [5, 5.41) is 5.71. The highest BCUT2D eigenvalue weighted by Crippen LogP contribution is 2.13. The van der Waals surface area contributed by atoms with Crippen molar-refractivity contribution in [3.8, 4) is 0 Å². The van der Waals surface area contributed by atoms with Crippen LogP contribution in [0, 0.1) is 6.92 Å². The summed E-state index contributed by atoms with van der Waals surface area (Å²) >= 11 is 0. The first-order valence-corrected chi connectivity index (χ1v) is 10.2. The molecular formula is C23H26N4O4. The van der Waals surface area contributed by atoms with E-state index in [-0.39, 0.29) is 11.8 Å². The van der Waals surface area contributed by atoms with Crippen LogP contribution in [0.1, 0.15) is 52.2 Å². The number of aromatic nitrogens is 2. The number of esters is 1. The molecule has 8 heteroatoms. The molecule has 31 heavy (non-hydrogen) atoms. The number of anilines is 1. The summed E-state index contributed by atoms with van der Waals surface area (Å²) in [5.41, 5.74) is 2.93. The van der Waals surface area contributed by atoms with Crippen LogP contribution in [0.2, 0.25) is 0 Å². The Labute approximate surface area is 180 Å². The van der Waals surface area contributed by atoms with E-state index in [4.69, 9.17) is 0 Å². The Kier molecular flexibility index (Phi) is 7.37. The number of ether oxygens (including phenoxy) is 1. The Bertz CT molecular complexity index is 1090. The number of pyridine rings is 1. The monoisotopic (exact) mass is 422 g/mol. The summed E-state index contributed by atoms with van der Waals surface area (Å²) in [6.07, 6.45) is 4.47. The molecule has 0 spiro atoms. The minimum atomic E-state index is -0.447. The van der Waals surface area contributed by atoms with E-state index < -0.39 is 5.97 Å². The Morgan fingerprint density at radius 2 is 1.90 bits per heavy atom. The molecule has 3 rings (SSSR count). The number of nitrogens with one attached hydrogen (secondary N) is 2. The van der Waals surface area contributed by atoms with Crippen LogP contribution in [0.3, 0.4) is 0 Å². The van der Waals surface area contributed by atoms with Gasteiger partial charge >= 0.3 is 5.97 Å². The standard InChI is InChI=1S/C23H26N4O4/c1-16-21(27-14-7-5-11-19(27)25-16)22(29)24-13-6-3-4-12-20(28)26-18-10-8-9-17(15-18)23(30)31-2/h5,7-11,14-15H,3-4,6,12-13H2,1-2H3,(H,24,29)(H,26,28). The van der Waals surface area contributed by atoms with Crippen LogP contribution in [0.5, 0.6) is 0 Å². The van der Waals surface area contributed by atoms with E-state index in [1.54, 1.807) is 28.7 Å². The molecule has 0 atom stereocenters. The minimum Gasteiger partial charge on any atom is -0.465 e. The lowest BCUT2D eigenvalue weighted by atomic mass is 10.1. The highest BCUT2D eigenvalue weighted by atomic mass is 16.5. The molecule has 0 aliphatic carbocycles. The number of hydrogen-bond acceptors (Lipinski definition) is 5. The molecule has 0 unspecified atom stereocenters. The van der Waals surface area contributed by atoms with E-state index >= 15 is 0 Å². The summed E-state index contributed by atoms with van der Waals surface area (Å²) in [4.78, 5) is 40.6. The Balaban J connectivity index is 1.37. The molecule has 0 bridgehead atoms. The van der Waals surface area contributed by atoms with Crippen LogP contribution < -0.4 is 10.6 Å². The zero-order valence-corrected chi connectivity index (χ0v) is 17.7. The van der Waals surface area contributed by atoms with Gasteiger partial charge in [-0.05, 0) is 50.1 Å². The summed E-state index contributed by atoms with van der Waals surface area (Å²) < 4.78 is 6.46. The predicted octanol–water partition coefficient (Wildman–Crippen LogP) is 3.36. The second-order valence-electron chi connectivity index (χ2n) is 7.16. The lowest BCUT2D eigenvalue weighted by Crippen LogP contribution is -2.26. The number of carbonyl (C=O) groups is 3. The van der Waals surface area contributed by atoms with Gasteiger partial charge in [0.25, 0.3) is 5.91 Å². The molecule has 0 radical (unpaired) electrons. The zero-order chi connectivity index (χ0) is 22.2. The van der Waals surface area contributed by atoms with Gasteiger partial charge in [-0.15, -0.1) is 0 Å². The summed E-state index contributed by atoms with van der Waals surface area (Å²) in [6.45, 7) is 2.35. The molecule has 8 nitrogen and oxygen atoms in total. The lowest BCUT2D eigenvalue weighted by Gasteiger charge is -2.08. The molecule has 2 amide bonds. The van der Waals surface area contributed by atoms with Gasteiger partial charge in [0.1, 0.15) is 11.3 Å². The second kappa shape index (κ2) is 10.4. The van der Waals surface area contributed by atoms with Crippen molar-refractivity contribution in [1.82, 2.24) is 14.7 Å². The van der Waals surface area contributed by atoms with E-state index in [2.05, 4.69) is 20.4 Å². The summed E-state index contributed by atoms with van der Waals surface area (Å²) in [6, 6.07) is 12.2. The molecule has 162 valence electrons. The first-order valence-electron chi connectivity index (χ1n) is 10.2. The van der Waals surface area contributed by atoms with Gasteiger partial charge in [0.05, 0.1) is 18.4 Å². The molecular weight excluding hydrogens is 396 g/mol. The number of unbranched alkanes of at least 4 members (excludes halogenated alkanes) is 2. The molecule has 0 aliphatic heterocycles. The molecule has 2 heterocycles. The van der Waals surface area contributed by atoms with Crippen molar-refractivity contribution in [2.24, 2.45) is 0 Å². The number of carbonyl (C=O) groups excluding carboxylic acids is 3. The highest BCUT2D eigenvalue weighted by Gasteiger charge is 2.15. The number of aryl methyl sites for hydroxylation is 1. The third-order valence-electron chi connectivity index (χ3n) is 4.85. The van der Waals surface area contributed by atoms with Crippen LogP contribution in [-0.4, -0.2) is 40.8 Å². The van der Waals surface area contributed by atoms with Gasteiger partial charge in [-0.25, -0.2) is 9.78 Å². The van der Waals surface area contributed by atoms with E-state index in [9.17, 15) is 14.4 Å². The van der Waals surface area contributed by atoms with Crippen molar-refractivity contribution in [3.05, 3.63) is 65.6 Å². The van der Waals surface area contributed by atoms with E-state index in [1.807, 2.05) is 31.3 Å². The van der Waals surface area contributed by atoms with Crippen LogP contribution in [0.4, 0.5) is 5.69 Å². The molecule has 0 saturated heterocycles. The van der Waals surface area contributed by atoms with Crippen molar-refractivity contribution >= 4 is 29.1 Å². The molecule has 0 saturated carbocycles. The van der Waals surface area contributed by atoms with Gasteiger partial charge < -0.3 is 15.4 Å². The van der Waals surface area contributed by atoms with Gasteiger partial charge in [0, 0.05) is 24.8 Å². The third-order valence-corrected chi connectivity index (χ3v) is 4.85. The first-order chi connectivity index (χ1) is 15.0. The fraction of sp³-hybridized carbons (Fsp3) is 0.304. The van der Waals surface area contributed by atoms with Crippen LogP contribution in [0.25, 0.3) is 5.65 Å². The SMILES string of the molecule is COC(=O)c1cccc(NC(=O)CCCCCNC(=O)c2c(C)nc3ccccn23)c1. The fourth-order valence-corrected chi connectivity index (χ4v) is 3.33. The molecule has 1 aromatic carbocycles. The molecule has 0 aliphatic rings. The van der Waals surface area contributed by atoms with Crippen LogP contribution in [0.15, 0.2) is 48.7 Å². The number of fused-ring (bicyclic) bond motifs is 1. The molecule has 2 aromatic heterocycles. The Morgan fingerprint density at radius 3 is 2.71 bits per heavy atom. The molecule has 0 fully saturated rings. The largest absolute Gasteiger partial charge is 0.465 e. The number of rotatable bonds is 9. The van der Waals surface area contributed by atoms with E-state index in [0.29, 0.717) is 42.0 Å². The smallest absolute Gasteiger partial charge is 0.337 e. The number of amides is 2. The highest BCUT2D eigenvalue weighted by molar-refractivity contribution is 5.95. The fourth-order valence-electron chi connectivity index (χ4n) is 3.33. The van der Waals surface area contributed by atoms with Gasteiger partial charge in [0.15, 0.2) is 0 Å². The van der Waals surface area contributed by atoms with E-state index in [1.165, 1.54) is 7.11 Å². The maximum Gasteiger partial charge on any atom is 0.337 e.